The lowest BCUT2D eigenvalue weighted by molar-refractivity contribution is 0.0510. The molecule has 2 radical (unpaired) electrons. The average molecular weight is 278 g/mol. The molecule has 2 unspecified atom stereocenters. The SMILES string of the molecule is [B]c1cnc2c(c1)COCC2(C)NS(=O)C(C)(C)C. The van der Waals surface area contributed by atoms with Gasteiger partial charge in [0.25, 0.3) is 0 Å². The zero-order valence-electron chi connectivity index (χ0n) is 11.8. The lowest BCUT2D eigenvalue weighted by Gasteiger charge is -2.37. The Kier molecular flexibility index (Phi) is 3.86. The highest BCUT2D eigenvalue weighted by Gasteiger charge is 2.38. The summed E-state index contributed by atoms with van der Waals surface area (Å²) >= 11 is 0. The molecule has 19 heavy (non-hydrogen) atoms. The molecule has 1 aliphatic rings. The van der Waals surface area contributed by atoms with Gasteiger partial charge in [-0.05, 0) is 27.7 Å². The normalized spacial score (nSPS) is 24.8. The lowest BCUT2D eigenvalue weighted by Crippen LogP contribution is -2.51. The number of fused-ring (bicyclic) bond motifs is 1. The maximum absolute atomic E-state index is 12.3. The molecular formula is C13H19BN2O2S. The fraction of sp³-hybridized carbons (Fsp3) is 0.615. The van der Waals surface area contributed by atoms with Crippen LogP contribution < -0.4 is 10.2 Å². The van der Waals surface area contributed by atoms with Crippen LogP contribution in [0, 0.1) is 0 Å². The zero-order valence-corrected chi connectivity index (χ0v) is 12.6. The van der Waals surface area contributed by atoms with Crippen LogP contribution in [0.5, 0.6) is 0 Å². The number of pyridine rings is 1. The van der Waals surface area contributed by atoms with Crippen LogP contribution in [-0.2, 0) is 27.9 Å². The van der Waals surface area contributed by atoms with Crippen LogP contribution in [-0.4, -0.2) is 28.4 Å². The third kappa shape index (κ3) is 3.07. The number of nitrogens with zero attached hydrogens (tertiary/aromatic N) is 1. The van der Waals surface area contributed by atoms with Crippen molar-refractivity contribution < 1.29 is 8.95 Å². The van der Waals surface area contributed by atoms with Gasteiger partial charge in [0.2, 0.25) is 0 Å². The monoisotopic (exact) mass is 278 g/mol. The Bertz CT molecular complexity index is 516. The molecule has 2 heterocycles. The van der Waals surface area contributed by atoms with E-state index in [1.165, 1.54) is 0 Å². The van der Waals surface area contributed by atoms with Crippen molar-refractivity contribution in [2.45, 2.75) is 44.6 Å². The molecule has 2 rings (SSSR count). The van der Waals surface area contributed by atoms with Crippen LogP contribution >= 0.6 is 0 Å². The van der Waals surface area contributed by atoms with Gasteiger partial charge in [0, 0.05) is 11.8 Å². The first-order valence-electron chi connectivity index (χ1n) is 6.25. The van der Waals surface area contributed by atoms with Gasteiger partial charge in [-0.25, -0.2) is 8.93 Å². The molecule has 0 amide bonds. The number of nitrogens with one attached hydrogen (secondary N) is 1. The predicted octanol–water partition coefficient (Wildman–Crippen LogP) is 0.673. The number of hydrogen-bond donors (Lipinski definition) is 1. The highest BCUT2D eigenvalue weighted by Crippen LogP contribution is 2.29. The van der Waals surface area contributed by atoms with Crippen LogP contribution in [0.4, 0.5) is 0 Å². The van der Waals surface area contributed by atoms with E-state index in [2.05, 4.69) is 9.71 Å². The Morgan fingerprint density at radius 1 is 1.53 bits per heavy atom. The predicted molar refractivity (Wildman–Crippen MR) is 77.7 cm³/mol. The molecule has 2 atom stereocenters. The van der Waals surface area contributed by atoms with Gasteiger partial charge in [-0.2, -0.15) is 0 Å². The Morgan fingerprint density at radius 3 is 2.84 bits per heavy atom. The van der Waals surface area contributed by atoms with Gasteiger partial charge in [0.1, 0.15) is 7.85 Å². The van der Waals surface area contributed by atoms with E-state index in [4.69, 9.17) is 12.6 Å². The Labute approximate surface area is 118 Å². The first-order chi connectivity index (χ1) is 8.72. The fourth-order valence-corrected chi connectivity index (χ4v) is 2.88. The number of hydrogen-bond acceptors (Lipinski definition) is 3. The Morgan fingerprint density at radius 2 is 2.21 bits per heavy atom. The van der Waals surface area contributed by atoms with Crippen molar-refractivity contribution in [2.24, 2.45) is 0 Å². The summed E-state index contributed by atoms with van der Waals surface area (Å²) in [5, 5.41) is 0. The average Bonchev–Trinajstić information content (AvgIpc) is 2.27. The fourth-order valence-electron chi connectivity index (χ4n) is 2.00. The Balaban J connectivity index is 2.34. The lowest BCUT2D eigenvalue weighted by atomic mass is 9.89. The molecular weight excluding hydrogens is 259 g/mol. The van der Waals surface area contributed by atoms with Gasteiger partial charge < -0.3 is 4.74 Å². The summed E-state index contributed by atoms with van der Waals surface area (Å²) < 4.78 is 20.7. The van der Waals surface area contributed by atoms with E-state index in [0.29, 0.717) is 18.7 Å². The summed E-state index contributed by atoms with van der Waals surface area (Å²) in [6, 6.07) is 1.86. The molecule has 4 nitrogen and oxygen atoms in total. The van der Waals surface area contributed by atoms with E-state index < -0.39 is 16.5 Å². The summed E-state index contributed by atoms with van der Waals surface area (Å²) in [6.07, 6.45) is 1.63. The van der Waals surface area contributed by atoms with Crippen LogP contribution in [0.25, 0.3) is 0 Å². The van der Waals surface area contributed by atoms with E-state index >= 15 is 0 Å². The maximum Gasteiger partial charge on any atom is 0.115 e. The summed E-state index contributed by atoms with van der Waals surface area (Å²) in [6.45, 7) is 8.69. The van der Waals surface area contributed by atoms with Gasteiger partial charge in [-0.1, -0.05) is 11.5 Å². The van der Waals surface area contributed by atoms with Crippen LogP contribution in [0.2, 0.25) is 0 Å². The van der Waals surface area contributed by atoms with Crippen molar-refractivity contribution >= 4 is 24.3 Å². The molecule has 0 saturated heterocycles. The van der Waals surface area contributed by atoms with E-state index in [1.807, 2.05) is 33.8 Å². The molecule has 1 aromatic rings. The number of ether oxygens (including phenoxy) is 1. The third-order valence-electron chi connectivity index (χ3n) is 3.03. The molecule has 1 aliphatic heterocycles. The molecule has 0 aliphatic carbocycles. The van der Waals surface area contributed by atoms with Crippen molar-refractivity contribution in [1.82, 2.24) is 9.71 Å². The quantitative estimate of drug-likeness (QED) is 0.809. The first kappa shape index (κ1) is 14.7. The largest absolute Gasteiger partial charge is 0.374 e. The highest BCUT2D eigenvalue weighted by atomic mass is 32.2. The first-order valence-corrected chi connectivity index (χ1v) is 7.40. The van der Waals surface area contributed by atoms with Gasteiger partial charge in [0.05, 0.1) is 40.2 Å². The zero-order chi connectivity index (χ0) is 14.3. The second kappa shape index (κ2) is 5.00. The van der Waals surface area contributed by atoms with Crippen molar-refractivity contribution in [2.75, 3.05) is 6.61 Å². The van der Waals surface area contributed by atoms with Crippen molar-refractivity contribution in [3.63, 3.8) is 0 Å². The van der Waals surface area contributed by atoms with Gasteiger partial charge in [-0.3, -0.25) is 4.98 Å². The summed E-state index contributed by atoms with van der Waals surface area (Å²) in [7, 11) is 4.55. The van der Waals surface area contributed by atoms with Crippen molar-refractivity contribution in [3.8, 4) is 0 Å². The second-order valence-corrected chi connectivity index (χ2v) is 8.05. The van der Waals surface area contributed by atoms with Crippen molar-refractivity contribution in [3.05, 3.63) is 23.5 Å². The molecule has 0 aromatic carbocycles. The standard InChI is InChI=1S/C13H19BN2O2S/c1-12(2,3)19(17)16-13(4)8-18-7-9-5-10(14)6-15-11(9)13/h5-6,16H,7-8H2,1-4H3. The summed E-state index contributed by atoms with van der Waals surface area (Å²) in [5.41, 5.74) is 1.88. The topological polar surface area (TPSA) is 51.2 Å². The van der Waals surface area contributed by atoms with Crippen molar-refractivity contribution in [1.29, 1.82) is 0 Å². The molecule has 0 spiro atoms. The maximum atomic E-state index is 12.3. The molecule has 102 valence electrons. The van der Waals surface area contributed by atoms with Crippen LogP contribution in [0.1, 0.15) is 39.0 Å². The van der Waals surface area contributed by atoms with E-state index in [9.17, 15) is 4.21 Å². The van der Waals surface area contributed by atoms with Gasteiger partial charge in [-0.15, -0.1) is 0 Å². The molecule has 1 N–H and O–H groups in total. The molecule has 0 saturated carbocycles. The second-order valence-electron chi connectivity index (χ2n) is 6.08. The van der Waals surface area contributed by atoms with Crippen LogP contribution in [0.15, 0.2) is 12.3 Å². The minimum Gasteiger partial charge on any atom is -0.374 e. The smallest absolute Gasteiger partial charge is 0.115 e. The molecule has 0 fully saturated rings. The summed E-state index contributed by atoms with van der Waals surface area (Å²) in [5.74, 6) is 0. The highest BCUT2D eigenvalue weighted by molar-refractivity contribution is 7.84. The van der Waals surface area contributed by atoms with Gasteiger partial charge >= 0.3 is 0 Å². The minimum atomic E-state index is -1.19. The van der Waals surface area contributed by atoms with E-state index in [0.717, 1.165) is 11.3 Å². The number of aromatic nitrogens is 1. The molecule has 1 aromatic heterocycles. The third-order valence-corrected chi connectivity index (χ3v) is 4.78. The van der Waals surface area contributed by atoms with E-state index in [1.54, 1.807) is 6.20 Å². The minimum absolute atomic E-state index is 0.339. The molecule has 0 bridgehead atoms. The molecule has 6 heteroatoms. The van der Waals surface area contributed by atoms with Crippen LogP contribution in [0.3, 0.4) is 0 Å². The number of rotatable bonds is 2. The Hall–Kier alpha value is -0.715. The van der Waals surface area contributed by atoms with E-state index in [-0.39, 0.29) is 4.75 Å². The summed E-state index contributed by atoms with van der Waals surface area (Å²) in [4.78, 5) is 4.41. The van der Waals surface area contributed by atoms with Gasteiger partial charge in [0.15, 0.2) is 0 Å².